The van der Waals surface area contributed by atoms with Crippen LogP contribution in [0.1, 0.15) is 45.4 Å². The first-order valence-electron chi connectivity index (χ1n) is 7.33. The van der Waals surface area contributed by atoms with E-state index in [2.05, 4.69) is 0 Å². The lowest BCUT2D eigenvalue weighted by Crippen LogP contribution is -2.28. The van der Waals surface area contributed by atoms with Crippen LogP contribution in [0.2, 0.25) is 0 Å². The monoisotopic (exact) mass is 337 g/mol. The number of hydrogen-bond donors (Lipinski definition) is 1. The van der Waals surface area contributed by atoms with Crippen molar-refractivity contribution in [1.82, 2.24) is 4.90 Å². The largest absolute Gasteiger partial charge is 0.478 e. The van der Waals surface area contributed by atoms with Crippen molar-refractivity contribution in [1.29, 1.82) is 0 Å². The first kappa shape index (κ1) is 17.7. The number of alkyl halides is 2. The summed E-state index contributed by atoms with van der Waals surface area (Å²) >= 11 is 0. The van der Waals surface area contributed by atoms with Crippen molar-refractivity contribution in [2.75, 3.05) is 13.6 Å². The van der Waals surface area contributed by atoms with E-state index in [1.54, 1.807) is 0 Å². The van der Waals surface area contributed by atoms with Crippen molar-refractivity contribution in [2.24, 2.45) is 0 Å². The molecule has 0 atom stereocenters. The number of carboxylic acids is 1. The summed E-state index contributed by atoms with van der Waals surface area (Å²) < 4.78 is 33.8. The highest BCUT2D eigenvalue weighted by atomic mass is 19.3. The van der Waals surface area contributed by atoms with Crippen molar-refractivity contribution >= 4 is 11.9 Å². The number of halogens is 2. The Labute approximate surface area is 137 Å². The number of carbonyl (C=O) groups excluding carboxylic acids is 1. The van der Waals surface area contributed by atoms with Gasteiger partial charge >= 0.3 is 11.9 Å². The lowest BCUT2D eigenvalue weighted by atomic mass is 9.99. The Morgan fingerprint density at radius 1 is 1.25 bits per heavy atom. The Bertz CT molecular complexity index is 741. The number of benzene rings is 1. The Hall–Kier alpha value is -2.70. The fourth-order valence-corrected chi connectivity index (χ4v) is 2.31. The van der Waals surface area contributed by atoms with Crippen molar-refractivity contribution < 1.29 is 27.9 Å². The molecule has 1 aromatic heterocycles. The number of aromatic carboxylic acids is 1. The van der Waals surface area contributed by atoms with Gasteiger partial charge in [0.2, 0.25) is 0 Å². The maximum atomic E-state index is 14.5. The van der Waals surface area contributed by atoms with Crippen LogP contribution in [0.3, 0.4) is 0 Å². The average molecular weight is 337 g/mol. The zero-order valence-corrected chi connectivity index (χ0v) is 13.3. The van der Waals surface area contributed by atoms with E-state index >= 15 is 0 Å². The van der Waals surface area contributed by atoms with Crippen LogP contribution < -0.4 is 0 Å². The van der Waals surface area contributed by atoms with Gasteiger partial charge in [-0.15, -0.1) is 0 Å². The standard InChI is InChI=1S/C17H17F2NO4/c1-3-6-20(2)15(21)11-8-12(16(22)23)10-13(9-11)17(18,19)14-5-4-7-24-14/h4-5,7-10H,3,6H2,1-2H3,(H,22,23). The zero-order valence-electron chi connectivity index (χ0n) is 13.3. The summed E-state index contributed by atoms with van der Waals surface area (Å²) in [6, 6.07) is 5.35. The topological polar surface area (TPSA) is 70.8 Å². The average Bonchev–Trinajstić information content (AvgIpc) is 3.09. The summed E-state index contributed by atoms with van der Waals surface area (Å²) in [7, 11) is 1.53. The highest BCUT2D eigenvalue weighted by molar-refractivity contribution is 5.97. The number of nitrogens with zero attached hydrogens (tertiary/aromatic N) is 1. The van der Waals surface area contributed by atoms with Gasteiger partial charge in [-0.2, -0.15) is 8.78 Å². The van der Waals surface area contributed by atoms with E-state index in [0.29, 0.717) is 13.0 Å². The van der Waals surface area contributed by atoms with Crippen molar-refractivity contribution in [3.63, 3.8) is 0 Å². The molecule has 0 aliphatic heterocycles. The molecule has 0 aliphatic rings. The van der Waals surface area contributed by atoms with Crippen LogP contribution in [-0.2, 0) is 5.92 Å². The molecule has 0 fully saturated rings. The molecule has 7 heteroatoms. The van der Waals surface area contributed by atoms with Gasteiger partial charge in [0.1, 0.15) is 0 Å². The fourth-order valence-electron chi connectivity index (χ4n) is 2.31. The minimum absolute atomic E-state index is 0.105. The number of rotatable bonds is 6. The number of carboxylic acid groups (broad SMARTS) is 1. The van der Waals surface area contributed by atoms with E-state index in [0.717, 1.165) is 30.5 Å². The molecule has 1 aromatic carbocycles. The minimum atomic E-state index is -3.55. The van der Waals surface area contributed by atoms with E-state index in [9.17, 15) is 18.4 Å². The zero-order chi connectivity index (χ0) is 17.9. The Balaban J connectivity index is 2.53. The molecule has 128 valence electrons. The van der Waals surface area contributed by atoms with Gasteiger partial charge in [0, 0.05) is 24.7 Å². The van der Waals surface area contributed by atoms with Crippen LogP contribution >= 0.6 is 0 Å². The van der Waals surface area contributed by atoms with Crippen molar-refractivity contribution in [2.45, 2.75) is 19.3 Å². The third-order valence-corrected chi connectivity index (χ3v) is 3.53. The summed E-state index contributed by atoms with van der Waals surface area (Å²) in [6.45, 7) is 2.30. The molecular formula is C17H17F2NO4. The molecule has 0 unspecified atom stereocenters. The smallest absolute Gasteiger partial charge is 0.335 e. The van der Waals surface area contributed by atoms with Gasteiger partial charge in [-0.3, -0.25) is 4.79 Å². The summed E-state index contributed by atoms with van der Waals surface area (Å²) in [4.78, 5) is 24.9. The minimum Gasteiger partial charge on any atom is -0.478 e. The molecule has 0 radical (unpaired) electrons. The van der Waals surface area contributed by atoms with Gasteiger partial charge in [0.15, 0.2) is 5.76 Å². The molecule has 0 spiro atoms. The molecule has 0 saturated heterocycles. The van der Waals surface area contributed by atoms with Gasteiger partial charge in [-0.05, 0) is 36.8 Å². The molecule has 2 aromatic rings. The van der Waals surface area contributed by atoms with Gasteiger partial charge in [0.25, 0.3) is 5.91 Å². The van der Waals surface area contributed by atoms with Gasteiger partial charge < -0.3 is 14.4 Å². The van der Waals surface area contributed by atoms with Crippen molar-refractivity contribution in [3.8, 4) is 0 Å². The first-order chi connectivity index (χ1) is 11.3. The van der Waals surface area contributed by atoms with Crippen LogP contribution in [0.25, 0.3) is 0 Å². The quantitative estimate of drug-likeness (QED) is 0.874. The second-order valence-corrected chi connectivity index (χ2v) is 5.38. The molecule has 1 N–H and O–H groups in total. The van der Waals surface area contributed by atoms with Crippen LogP contribution in [0.4, 0.5) is 8.78 Å². The summed E-state index contributed by atoms with van der Waals surface area (Å²) in [5.74, 6) is -6.08. The number of hydrogen-bond acceptors (Lipinski definition) is 3. The SMILES string of the molecule is CCCN(C)C(=O)c1cc(C(=O)O)cc(C(F)(F)c2ccco2)c1. The van der Waals surface area contributed by atoms with Crippen LogP contribution in [0, 0.1) is 0 Å². The van der Waals surface area contributed by atoms with Crippen LogP contribution in [0.15, 0.2) is 41.0 Å². The van der Waals surface area contributed by atoms with Gasteiger partial charge in [-0.1, -0.05) is 6.92 Å². The maximum absolute atomic E-state index is 14.5. The number of amides is 1. The molecule has 2 rings (SSSR count). The van der Waals surface area contributed by atoms with E-state index in [1.807, 2.05) is 6.92 Å². The lowest BCUT2D eigenvalue weighted by Gasteiger charge is -2.19. The van der Waals surface area contributed by atoms with Crippen LogP contribution in [0.5, 0.6) is 0 Å². The molecule has 1 amide bonds. The maximum Gasteiger partial charge on any atom is 0.335 e. The molecular weight excluding hydrogens is 320 g/mol. The molecule has 0 aliphatic carbocycles. The van der Waals surface area contributed by atoms with Gasteiger partial charge in [-0.25, -0.2) is 4.79 Å². The van der Waals surface area contributed by atoms with Gasteiger partial charge in [0.05, 0.1) is 11.8 Å². The second-order valence-electron chi connectivity index (χ2n) is 5.38. The lowest BCUT2D eigenvalue weighted by molar-refractivity contribution is 0.0188. The third-order valence-electron chi connectivity index (χ3n) is 3.53. The van der Waals surface area contributed by atoms with Crippen LogP contribution in [-0.4, -0.2) is 35.5 Å². The summed E-state index contributed by atoms with van der Waals surface area (Å²) in [5.41, 5.74) is -1.09. The third kappa shape index (κ3) is 3.45. The van der Waals surface area contributed by atoms with Crippen molar-refractivity contribution in [3.05, 3.63) is 59.0 Å². The Kier molecular flexibility index (Phi) is 5.02. The summed E-state index contributed by atoms with van der Waals surface area (Å²) in [6.07, 6.45) is 1.79. The molecule has 24 heavy (non-hydrogen) atoms. The molecule has 0 bridgehead atoms. The molecule has 0 saturated carbocycles. The highest BCUT2D eigenvalue weighted by Gasteiger charge is 2.38. The van der Waals surface area contributed by atoms with E-state index < -0.39 is 29.1 Å². The Morgan fingerprint density at radius 3 is 2.46 bits per heavy atom. The predicted molar refractivity (Wildman–Crippen MR) is 82.4 cm³/mol. The second kappa shape index (κ2) is 6.82. The number of furan rings is 1. The predicted octanol–water partition coefficient (Wildman–Crippen LogP) is 3.60. The normalized spacial score (nSPS) is 11.3. The number of carbonyl (C=O) groups is 2. The highest BCUT2D eigenvalue weighted by Crippen LogP contribution is 2.37. The van der Waals surface area contributed by atoms with E-state index in [4.69, 9.17) is 9.52 Å². The van der Waals surface area contributed by atoms with E-state index in [-0.39, 0.29) is 11.1 Å². The fraction of sp³-hybridized carbons (Fsp3) is 0.294. The first-order valence-corrected chi connectivity index (χ1v) is 7.33. The molecule has 5 nitrogen and oxygen atoms in total. The Morgan fingerprint density at radius 2 is 1.92 bits per heavy atom. The molecule has 1 heterocycles. The van der Waals surface area contributed by atoms with E-state index in [1.165, 1.54) is 18.0 Å². The summed E-state index contributed by atoms with van der Waals surface area (Å²) in [5, 5.41) is 9.16.